The van der Waals surface area contributed by atoms with Crippen molar-refractivity contribution in [3.05, 3.63) is 47.1 Å². The van der Waals surface area contributed by atoms with Gasteiger partial charge in [0.15, 0.2) is 0 Å². The molecule has 0 amide bonds. The minimum Gasteiger partial charge on any atom is -0.226 e. The molecule has 0 radical (unpaired) electrons. The van der Waals surface area contributed by atoms with Crippen LogP contribution < -0.4 is 0 Å². The van der Waals surface area contributed by atoms with E-state index in [9.17, 15) is 0 Å². The van der Waals surface area contributed by atoms with Gasteiger partial charge in [0.2, 0.25) is 0 Å². The van der Waals surface area contributed by atoms with Gasteiger partial charge in [0.1, 0.15) is 12.7 Å². The van der Waals surface area contributed by atoms with Crippen LogP contribution in [-0.4, -0.2) is 17.5 Å². The van der Waals surface area contributed by atoms with Crippen molar-refractivity contribution in [1.29, 1.82) is 0 Å². The maximum Gasteiger partial charge on any atom is 0.127 e. The lowest BCUT2D eigenvalue weighted by Crippen LogP contribution is -2.19. The summed E-state index contributed by atoms with van der Waals surface area (Å²) in [6.45, 7) is 6.56. The first-order valence-electron chi connectivity index (χ1n) is 6.49. The van der Waals surface area contributed by atoms with Gasteiger partial charge in [-0.2, -0.15) is 5.10 Å². The molecule has 0 atom stereocenters. The normalized spacial score (nSPS) is 12.2. The fraction of sp³-hybridized carbons (Fsp3) is 0.267. The Morgan fingerprint density at radius 1 is 1.21 bits per heavy atom. The molecule has 3 rings (SSSR count). The molecule has 0 unspecified atom stereocenters. The molecule has 0 aliphatic rings. The van der Waals surface area contributed by atoms with Crippen molar-refractivity contribution in [1.82, 2.24) is 9.61 Å². The summed E-state index contributed by atoms with van der Waals surface area (Å²) in [6.07, 6.45) is 1.98. The van der Waals surface area contributed by atoms with Crippen LogP contribution in [0.1, 0.15) is 25.1 Å². The monoisotopic (exact) mass is 268 g/mol. The van der Waals surface area contributed by atoms with E-state index < -0.39 is 0 Å². The zero-order valence-electron chi connectivity index (χ0n) is 11.8. The van der Waals surface area contributed by atoms with Gasteiger partial charge in [-0.05, 0) is 17.8 Å². The van der Waals surface area contributed by atoms with Gasteiger partial charge in [-0.15, -0.1) is 11.3 Å². The molecule has 19 heavy (non-hydrogen) atoms. The lowest BCUT2D eigenvalue weighted by atomic mass is 9.70. The van der Waals surface area contributed by atoms with E-state index in [0.717, 1.165) is 0 Å². The molecule has 96 valence electrons. The van der Waals surface area contributed by atoms with Crippen LogP contribution in [0, 0.1) is 6.92 Å². The first-order chi connectivity index (χ1) is 8.97. The van der Waals surface area contributed by atoms with Crippen molar-refractivity contribution in [3.63, 3.8) is 0 Å². The molecular weight excluding hydrogens is 251 g/mol. The molecule has 0 fully saturated rings. The predicted molar refractivity (Wildman–Crippen MR) is 84.8 cm³/mol. The van der Waals surface area contributed by atoms with Gasteiger partial charge >= 0.3 is 0 Å². The maximum atomic E-state index is 4.57. The number of thiazole rings is 1. The second-order valence-electron chi connectivity index (χ2n) is 6.01. The molecular formula is C15H17BN2S. The second-order valence-corrected chi connectivity index (χ2v) is 6.87. The predicted octanol–water partition coefficient (Wildman–Crippen LogP) is 3.24. The number of hydrogen-bond acceptors (Lipinski definition) is 2. The van der Waals surface area contributed by atoms with Crippen LogP contribution in [0.25, 0.3) is 16.0 Å². The first kappa shape index (κ1) is 12.5. The molecule has 0 saturated carbocycles. The van der Waals surface area contributed by atoms with Gasteiger partial charge in [0.05, 0.1) is 11.9 Å². The second kappa shape index (κ2) is 4.24. The summed E-state index contributed by atoms with van der Waals surface area (Å²) in [5.74, 6) is 0. The van der Waals surface area contributed by atoms with Gasteiger partial charge in [-0.25, -0.2) is 4.52 Å². The molecule has 0 saturated heterocycles. The van der Waals surface area contributed by atoms with E-state index in [0.29, 0.717) is 0 Å². The lowest BCUT2D eigenvalue weighted by molar-refractivity contribution is 0.695. The fourth-order valence-electron chi connectivity index (χ4n) is 2.21. The van der Waals surface area contributed by atoms with Crippen molar-refractivity contribution in [2.45, 2.75) is 26.1 Å². The number of fused-ring (bicyclic) bond motifs is 1. The Bertz CT molecular complexity index is 717. The maximum absolute atomic E-state index is 4.57. The highest BCUT2D eigenvalue weighted by Crippen LogP contribution is 2.32. The molecule has 0 aliphatic carbocycles. The quantitative estimate of drug-likeness (QED) is 0.652. The van der Waals surface area contributed by atoms with E-state index >= 15 is 0 Å². The highest BCUT2D eigenvalue weighted by molar-refractivity contribution is 7.16. The Morgan fingerprint density at radius 2 is 1.89 bits per heavy atom. The Balaban J connectivity index is 2.17. The van der Waals surface area contributed by atoms with Crippen LogP contribution >= 0.6 is 11.3 Å². The Labute approximate surface area is 118 Å². The van der Waals surface area contributed by atoms with E-state index in [1.807, 2.05) is 6.20 Å². The SMILES string of the molecule is BC(C)(C)c1csc2c(-c3ccc(C)cc3)cnn12. The molecule has 0 bridgehead atoms. The number of rotatable bonds is 2. The summed E-state index contributed by atoms with van der Waals surface area (Å²) in [7, 11) is 2.22. The molecule has 0 spiro atoms. The average molecular weight is 268 g/mol. The standard InChI is InChI=1S/C15H17BN2S/c1-10-4-6-11(7-5-10)12-8-17-18-13(15(2,3)16)9-19-14(12)18/h4-9H,16H2,1-3H3. The molecule has 3 aromatic rings. The van der Waals surface area contributed by atoms with Crippen molar-refractivity contribution >= 4 is 24.0 Å². The van der Waals surface area contributed by atoms with Crippen LogP contribution in [0.2, 0.25) is 0 Å². The van der Waals surface area contributed by atoms with Crippen molar-refractivity contribution in [3.8, 4) is 11.1 Å². The van der Waals surface area contributed by atoms with Gasteiger partial charge in [0, 0.05) is 10.9 Å². The molecule has 2 heterocycles. The lowest BCUT2D eigenvalue weighted by Gasteiger charge is -2.16. The first-order valence-corrected chi connectivity index (χ1v) is 7.37. The zero-order valence-corrected chi connectivity index (χ0v) is 12.6. The molecule has 4 heteroatoms. The average Bonchev–Trinajstić information content (AvgIpc) is 2.89. The fourth-order valence-corrected chi connectivity index (χ4v) is 3.43. The van der Waals surface area contributed by atoms with Crippen LogP contribution in [0.3, 0.4) is 0 Å². The third-order valence-corrected chi connectivity index (χ3v) is 4.32. The summed E-state index contributed by atoms with van der Waals surface area (Å²) in [4.78, 5) is 1.23. The van der Waals surface area contributed by atoms with E-state index in [4.69, 9.17) is 0 Å². The summed E-state index contributed by atoms with van der Waals surface area (Å²) < 4.78 is 2.08. The summed E-state index contributed by atoms with van der Waals surface area (Å²) in [5, 5.41) is 6.91. The van der Waals surface area contributed by atoms with Crippen LogP contribution in [0.5, 0.6) is 0 Å². The van der Waals surface area contributed by atoms with Crippen LogP contribution in [-0.2, 0) is 5.31 Å². The van der Waals surface area contributed by atoms with Gasteiger partial charge in [0.25, 0.3) is 0 Å². The Kier molecular flexibility index (Phi) is 2.78. The molecule has 2 aromatic heterocycles. The minimum atomic E-state index is 0.120. The molecule has 0 N–H and O–H groups in total. The van der Waals surface area contributed by atoms with Crippen molar-refractivity contribution in [2.75, 3.05) is 0 Å². The third-order valence-electron chi connectivity index (χ3n) is 3.37. The van der Waals surface area contributed by atoms with Crippen molar-refractivity contribution < 1.29 is 0 Å². The molecule has 0 aliphatic heterocycles. The van der Waals surface area contributed by atoms with Gasteiger partial charge in [-0.3, -0.25) is 0 Å². The van der Waals surface area contributed by atoms with E-state index in [1.165, 1.54) is 27.2 Å². The van der Waals surface area contributed by atoms with Crippen LogP contribution in [0.15, 0.2) is 35.8 Å². The zero-order chi connectivity index (χ0) is 13.6. The number of hydrogen-bond donors (Lipinski definition) is 0. The minimum absolute atomic E-state index is 0.120. The molecule has 2 nitrogen and oxygen atoms in total. The van der Waals surface area contributed by atoms with Gasteiger partial charge in [-0.1, -0.05) is 43.7 Å². The summed E-state index contributed by atoms with van der Waals surface area (Å²) >= 11 is 1.77. The highest BCUT2D eigenvalue weighted by Gasteiger charge is 2.21. The number of aryl methyl sites for hydroxylation is 1. The van der Waals surface area contributed by atoms with E-state index in [2.05, 4.69) is 67.9 Å². The van der Waals surface area contributed by atoms with Crippen molar-refractivity contribution in [2.24, 2.45) is 0 Å². The third kappa shape index (κ3) is 2.10. The topological polar surface area (TPSA) is 17.3 Å². The van der Waals surface area contributed by atoms with E-state index in [-0.39, 0.29) is 5.31 Å². The van der Waals surface area contributed by atoms with Crippen LogP contribution in [0.4, 0.5) is 0 Å². The number of aromatic nitrogens is 2. The molecule has 1 aromatic carbocycles. The smallest absolute Gasteiger partial charge is 0.127 e. The Morgan fingerprint density at radius 3 is 2.53 bits per heavy atom. The Hall–Kier alpha value is -1.55. The number of nitrogens with zero attached hydrogens (tertiary/aromatic N) is 2. The summed E-state index contributed by atoms with van der Waals surface area (Å²) in [5.41, 5.74) is 5.02. The number of benzene rings is 1. The van der Waals surface area contributed by atoms with Gasteiger partial charge < -0.3 is 0 Å². The summed E-state index contributed by atoms with van der Waals surface area (Å²) in [6, 6.07) is 8.64. The van der Waals surface area contributed by atoms with E-state index in [1.54, 1.807) is 11.3 Å². The highest BCUT2D eigenvalue weighted by atomic mass is 32.1. The largest absolute Gasteiger partial charge is 0.226 e.